The zero-order valence-corrected chi connectivity index (χ0v) is 39.4. The molecule has 1 heterocycles. The molecule has 362 valence electrons. The minimum absolute atomic E-state index is 0.00850. The van der Waals surface area contributed by atoms with Gasteiger partial charge in [-0.25, -0.2) is 0 Å². The molecular weight excluding hydrogens is 987 g/mol. The monoisotopic (exact) mass is 1020 g/mol. The molecule has 0 fully saturated rings. The number of aryl methyl sites for hydroxylation is 4. The summed E-state index contributed by atoms with van der Waals surface area (Å²) in [5, 5.41) is 82.8. The lowest BCUT2D eigenvalue weighted by Crippen LogP contribution is -2.03. The maximum atomic E-state index is 12.7. The number of rotatable bonds is 12. The number of benzene rings is 7. The predicted molar refractivity (Wildman–Crippen MR) is 254 cm³/mol. The average Bonchev–Trinajstić information content (AvgIpc) is 3.69. The number of aromatic nitrogens is 3. The van der Waals surface area contributed by atoms with Crippen LogP contribution in [0.2, 0.25) is 0 Å². The minimum Gasteiger partial charge on any atom is -0.508 e. The smallest absolute Gasteiger partial charge is 0.296 e. The summed E-state index contributed by atoms with van der Waals surface area (Å²) in [6.07, 6.45) is 0. The lowest BCUT2D eigenvalue weighted by atomic mass is 10.1. The Morgan fingerprint density at radius 3 is 1.59 bits per heavy atom. The summed E-state index contributed by atoms with van der Waals surface area (Å²) < 4.78 is 104. The average molecular weight is 1020 g/mol. The first-order chi connectivity index (χ1) is 33.3. The van der Waals surface area contributed by atoms with Crippen molar-refractivity contribution in [3.05, 3.63) is 119 Å². The third-order valence-corrected chi connectivity index (χ3v) is 13.2. The fourth-order valence-corrected chi connectivity index (χ4v) is 8.66. The van der Waals surface area contributed by atoms with Crippen molar-refractivity contribution in [1.29, 1.82) is 0 Å². The van der Waals surface area contributed by atoms with Gasteiger partial charge in [-0.05, 0) is 146 Å². The van der Waals surface area contributed by atoms with Gasteiger partial charge in [-0.3, -0.25) is 13.7 Å². The van der Waals surface area contributed by atoms with Gasteiger partial charge in [0, 0.05) is 11.5 Å². The van der Waals surface area contributed by atoms with E-state index in [0.717, 1.165) is 41.2 Å². The lowest BCUT2D eigenvalue weighted by molar-refractivity contribution is 0.451. The summed E-state index contributed by atoms with van der Waals surface area (Å²) in [5.74, 6) is -1.64. The number of fused-ring (bicyclic) bond motifs is 2. The Hall–Kier alpha value is -8.47. The molecule has 0 spiro atoms. The van der Waals surface area contributed by atoms with Crippen molar-refractivity contribution in [2.24, 2.45) is 40.9 Å². The van der Waals surface area contributed by atoms with E-state index in [-0.39, 0.29) is 67.7 Å². The van der Waals surface area contributed by atoms with Crippen molar-refractivity contribution in [1.82, 2.24) is 15.0 Å². The van der Waals surface area contributed by atoms with Crippen molar-refractivity contribution in [2.75, 3.05) is 0 Å². The zero-order valence-electron chi connectivity index (χ0n) is 37.0. The fraction of sp³-hybridized carbons (Fsp3) is 0.0909. The van der Waals surface area contributed by atoms with Crippen LogP contribution in [0.25, 0.3) is 27.5 Å². The number of nitrogens with zero attached hydrogens (tertiary/aromatic N) is 11. The molecule has 0 radical (unpaired) electrons. The van der Waals surface area contributed by atoms with Crippen molar-refractivity contribution >= 4 is 97.7 Å². The van der Waals surface area contributed by atoms with Crippen molar-refractivity contribution in [3.63, 3.8) is 0 Å². The molecule has 1 aromatic heterocycles. The summed E-state index contributed by atoms with van der Waals surface area (Å²) in [4.78, 5) is -1.08. The van der Waals surface area contributed by atoms with Crippen LogP contribution in [0.5, 0.6) is 23.0 Å². The van der Waals surface area contributed by atoms with Gasteiger partial charge in [0.05, 0.1) is 33.3 Å². The highest BCUT2D eigenvalue weighted by atomic mass is 32.2. The van der Waals surface area contributed by atoms with Crippen LogP contribution in [-0.2, 0) is 30.4 Å². The van der Waals surface area contributed by atoms with E-state index in [9.17, 15) is 59.3 Å². The van der Waals surface area contributed by atoms with E-state index < -0.39 is 56.5 Å². The van der Waals surface area contributed by atoms with Crippen LogP contribution in [0, 0.1) is 27.7 Å². The normalized spacial score (nSPS) is 12.8. The van der Waals surface area contributed by atoms with Gasteiger partial charge in [-0.1, -0.05) is 0 Å². The molecule has 8 rings (SSSR count). The van der Waals surface area contributed by atoms with Gasteiger partial charge in [-0.15, -0.1) is 30.3 Å². The maximum Gasteiger partial charge on any atom is 0.296 e. The van der Waals surface area contributed by atoms with E-state index in [1.54, 1.807) is 45.0 Å². The molecule has 71 heavy (non-hydrogen) atoms. The highest BCUT2D eigenvalue weighted by molar-refractivity contribution is 7.86. The van der Waals surface area contributed by atoms with Crippen LogP contribution in [0.3, 0.4) is 0 Å². The first-order valence-corrected chi connectivity index (χ1v) is 24.5. The number of aromatic hydroxyl groups is 4. The van der Waals surface area contributed by atoms with Crippen LogP contribution in [0.1, 0.15) is 22.3 Å². The molecule has 0 aliphatic heterocycles. The number of azo groups is 4. The SMILES string of the molecule is Cc1cc(/N=N\c2cc(C)c(/N=N\c3c(S(=O)(=O)O)cc4cc(/N=N\c5ccc(O)cc5O)ccc4c3O)cc2S(=O)(=O)O)c(C)cc1N=Nc1cc2nn(-c3cc(S(=O)(=O)O)ccc3O)nc2cc1C. The number of phenolic OH excluding ortho intramolecular Hbond substituents is 4. The summed E-state index contributed by atoms with van der Waals surface area (Å²) in [6.45, 7) is 6.63. The number of hydrogen-bond acceptors (Lipinski definition) is 20. The molecule has 0 saturated heterocycles. The summed E-state index contributed by atoms with van der Waals surface area (Å²) >= 11 is 0. The van der Waals surface area contributed by atoms with Crippen molar-refractivity contribution in [3.8, 4) is 28.7 Å². The van der Waals surface area contributed by atoms with E-state index >= 15 is 0 Å². The Balaban J connectivity index is 1.05. The second-order valence-corrected chi connectivity index (χ2v) is 19.9. The molecule has 24 nitrogen and oxygen atoms in total. The van der Waals surface area contributed by atoms with Gasteiger partial charge >= 0.3 is 0 Å². The summed E-state index contributed by atoms with van der Waals surface area (Å²) in [6, 6.07) is 20.5. The Labute approximate surface area is 401 Å². The Morgan fingerprint density at radius 1 is 0.451 bits per heavy atom. The maximum absolute atomic E-state index is 12.7. The van der Waals surface area contributed by atoms with Gasteiger partial charge < -0.3 is 20.4 Å². The Kier molecular flexibility index (Phi) is 12.7. The Bertz CT molecular complexity index is 4030. The van der Waals surface area contributed by atoms with Gasteiger partial charge in [-0.2, -0.15) is 50.8 Å². The second-order valence-electron chi connectivity index (χ2n) is 15.7. The molecular formula is C44H35N11O13S3. The molecule has 0 atom stereocenters. The van der Waals surface area contributed by atoms with E-state index in [1.807, 2.05) is 0 Å². The standard InChI is InChI=1S/C44H35N11O13S3/c1-21-12-32(22(2)11-31(21)47-49-33-19-36-35(13-23(33)3)53-55(54-36)38-18-28(69(60,61)62)7-10-39(38)57)48-51-37-14-24(4)34(20-41(37)70(63,64)65)50-52-43-42(71(66,67)68)16-25-15-26(5-8-29(25)44(43)59)45-46-30-9-6-27(56)17-40(30)58/h5-20,56-59H,1-4H3,(H,60,61,62)(H,63,64,65)(H,66,67,68)/b46-45-,49-47?,51-48-,52-50-. The molecule has 8 aromatic rings. The van der Waals surface area contributed by atoms with Gasteiger partial charge in [0.2, 0.25) is 0 Å². The van der Waals surface area contributed by atoms with Gasteiger partial charge in [0.1, 0.15) is 60.8 Å². The van der Waals surface area contributed by atoms with Crippen molar-refractivity contribution in [2.45, 2.75) is 42.4 Å². The van der Waals surface area contributed by atoms with E-state index in [4.69, 9.17) is 0 Å². The second kappa shape index (κ2) is 18.5. The predicted octanol–water partition coefficient (Wildman–Crippen LogP) is 11.0. The van der Waals surface area contributed by atoms with Crippen LogP contribution in [-0.4, -0.2) is 74.3 Å². The molecule has 7 aromatic carbocycles. The number of hydrogen-bond donors (Lipinski definition) is 7. The van der Waals surface area contributed by atoms with E-state index in [2.05, 4.69) is 51.1 Å². The van der Waals surface area contributed by atoms with Gasteiger partial charge in [0.15, 0.2) is 5.75 Å². The van der Waals surface area contributed by atoms with Crippen LogP contribution < -0.4 is 0 Å². The third kappa shape index (κ3) is 10.4. The first-order valence-electron chi connectivity index (χ1n) is 20.2. The quantitative estimate of drug-likeness (QED) is 0.0442. The van der Waals surface area contributed by atoms with Crippen LogP contribution >= 0.6 is 0 Å². The molecule has 0 aliphatic carbocycles. The Morgan fingerprint density at radius 2 is 0.986 bits per heavy atom. The van der Waals surface area contributed by atoms with E-state index in [0.29, 0.717) is 39.1 Å². The molecule has 7 N–H and O–H groups in total. The molecule has 0 unspecified atom stereocenters. The van der Waals surface area contributed by atoms with Crippen molar-refractivity contribution < 1.29 is 59.3 Å². The largest absolute Gasteiger partial charge is 0.508 e. The minimum atomic E-state index is -5.09. The lowest BCUT2D eigenvalue weighted by Gasteiger charge is -2.10. The fourth-order valence-electron chi connectivity index (χ4n) is 6.87. The van der Waals surface area contributed by atoms with E-state index in [1.165, 1.54) is 43.3 Å². The highest BCUT2D eigenvalue weighted by Gasteiger charge is 2.24. The first kappa shape index (κ1) is 49.0. The molecule has 0 saturated carbocycles. The molecule has 0 aliphatic rings. The molecule has 0 amide bonds. The van der Waals surface area contributed by atoms with Crippen LogP contribution in [0.4, 0.5) is 45.5 Å². The van der Waals surface area contributed by atoms with Gasteiger partial charge in [0.25, 0.3) is 30.4 Å². The summed E-state index contributed by atoms with van der Waals surface area (Å²) in [5.41, 5.74) is 2.60. The third-order valence-electron chi connectivity index (χ3n) is 10.6. The van der Waals surface area contributed by atoms with Crippen LogP contribution in [0.15, 0.2) is 153 Å². The topological polar surface area (TPSA) is 374 Å². The number of phenols is 4. The molecule has 27 heteroatoms. The highest BCUT2D eigenvalue weighted by Crippen LogP contribution is 2.44. The zero-order chi connectivity index (χ0) is 51.3. The summed E-state index contributed by atoms with van der Waals surface area (Å²) in [7, 11) is -14.7. The molecule has 0 bridgehead atoms.